The molecule has 2 atom stereocenters. The quantitative estimate of drug-likeness (QED) is 0.580. The minimum atomic E-state index is -0.332. The first kappa shape index (κ1) is 18.9. The molecular weight excluding hydrogens is 350 g/mol. The van der Waals surface area contributed by atoms with Crippen molar-refractivity contribution in [3.8, 4) is 0 Å². The van der Waals surface area contributed by atoms with E-state index in [1.807, 2.05) is 13.1 Å². The van der Waals surface area contributed by atoms with Gasteiger partial charge in [-0.25, -0.2) is 0 Å². The minimum absolute atomic E-state index is 0.332. The molecule has 3 aliphatic rings. The van der Waals surface area contributed by atoms with Crippen LogP contribution in [0.25, 0.3) is 0 Å². The largest absolute Gasteiger partial charge is 0.388 e. The maximum atomic E-state index is 6.31. The first-order chi connectivity index (χ1) is 12.7. The predicted molar refractivity (Wildman–Crippen MR) is 108 cm³/mol. The van der Waals surface area contributed by atoms with Gasteiger partial charge in [0.1, 0.15) is 11.5 Å². The Labute approximate surface area is 159 Å². The van der Waals surface area contributed by atoms with Gasteiger partial charge in [0.25, 0.3) is 0 Å². The van der Waals surface area contributed by atoms with Crippen molar-refractivity contribution >= 4 is 23.1 Å². The van der Waals surface area contributed by atoms with E-state index in [2.05, 4.69) is 33.4 Å². The third kappa shape index (κ3) is 4.84. The number of halogens is 1. The summed E-state index contributed by atoms with van der Waals surface area (Å²) in [6.45, 7) is 3.65. The number of amidine groups is 1. The zero-order valence-corrected chi connectivity index (χ0v) is 15.8. The zero-order chi connectivity index (χ0) is 18.4. The molecule has 1 aliphatic carbocycles. The maximum absolute atomic E-state index is 6.31. The molecule has 2 unspecified atom stereocenters. The molecule has 6 nitrogen and oxygen atoms in total. The molecule has 1 saturated heterocycles. The summed E-state index contributed by atoms with van der Waals surface area (Å²) < 4.78 is 5.48. The van der Waals surface area contributed by atoms with Crippen molar-refractivity contribution in [2.45, 2.75) is 12.5 Å². The van der Waals surface area contributed by atoms with Gasteiger partial charge in [-0.1, -0.05) is 29.8 Å². The van der Waals surface area contributed by atoms with Gasteiger partial charge in [0.15, 0.2) is 0 Å². The summed E-state index contributed by atoms with van der Waals surface area (Å²) in [5, 5.41) is 3.73. The van der Waals surface area contributed by atoms with Crippen molar-refractivity contribution in [1.29, 1.82) is 0 Å². The van der Waals surface area contributed by atoms with E-state index < -0.39 is 0 Å². The van der Waals surface area contributed by atoms with Crippen LogP contribution in [0.4, 0.5) is 0 Å². The Hall–Kier alpha value is -1.89. The van der Waals surface area contributed by atoms with Crippen LogP contribution in [0.1, 0.15) is 6.42 Å². The van der Waals surface area contributed by atoms with E-state index in [9.17, 15) is 0 Å². The van der Waals surface area contributed by atoms with Gasteiger partial charge in [-0.15, -0.1) is 0 Å². The molecule has 0 saturated carbocycles. The third-order valence-corrected chi connectivity index (χ3v) is 4.82. The van der Waals surface area contributed by atoms with E-state index in [0.29, 0.717) is 30.7 Å². The number of nitrogens with one attached hydrogen (secondary N) is 1. The van der Waals surface area contributed by atoms with E-state index in [1.165, 1.54) is 0 Å². The molecule has 3 rings (SSSR count). The van der Waals surface area contributed by atoms with Gasteiger partial charge in [0.2, 0.25) is 0 Å². The van der Waals surface area contributed by atoms with Crippen LogP contribution >= 0.6 is 11.6 Å². The zero-order valence-electron chi connectivity index (χ0n) is 15.1. The summed E-state index contributed by atoms with van der Waals surface area (Å²) in [4.78, 5) is 11.7. The number of ether oxygens (including phenoxy) is 1. The highest BCUT2D eigenvalue weighted by Gasteiger charge is 2.24. The van der Waals surface area contributed by atoms with Gasteiger partial charge in [-0.05, 0) is 18.6 Å². The molecule has 0 aromatic heterocycles. The number of nitrogens with zero attached hydrogens (tertiary/aromatic N) is 3. The lowest BCUT2D eigenvalue weighted by atomic mass is 9.99. The molecule has 26 heavy (non-hydrogen) atoms. The Balaban J connectivity index is 1.81. The van der Waals surface area contributed by atoms with Crippen molar-refractivity contribution in [3.05, 3.63) is 47.3 Å². The molecule has 0 radical (unpaired) electrons. The van der Waals surface area contributed by atoms with Gasteiger partial charge in [-0.3, -0.25) is 9.98 Å². The van der Waals surface area contributed by atoms with E-state index in [0.717, 1.165) is 36.8 Å². The predicted octanol–water partition coefficient (Wildman–Crippen LogP) is 1.81. The fraction of sp³-hybridized carbons (Fsp3) is 0.474. The van der Waals surface area contributed by atoms with Crippen LogP contribution in [0.15, 0.2) is 57.3 Å². The molecule has 0 aromatic rings. The van der Waals surface area contributed by atoms with Gasteiger partial charge in [-0.2, -0.15) is 0 Å². The molecule has 140 valence electrons. The summed E-state index contributed by atoms with van der Waals surface area (Å²) in [5.41, 5.74) is 8.22. The van der Waals surface area contributed by atoms with E-state index in [1.54, 1.807) is 12.3 Å². The molecule has 0 bridgehead atoms. The standard InChI is InChI=1S/C19H26ClN5O/c1-22-16-5-2-14(3-6-16)12-24-19(25-8-10-26-11-9-25)18-17(21)7-4-15(20)13-23-18/h2,4-7,13-14,17,22H,3,8-12,21H2,1H3/b24-19+. The molecular formula is C19H26ClN5O. The Kier molecular flexibility index (Phi) is 6.66. The van der Waals surface area contributed by atoms with Crippen molar-refractivity contribution in [2.75, 3.05) is 39.9 Å². The number of allylic oxidation sites excluding steroid dienone is 4. The average Bonchev–Trinajstić information content (AvgIpc) is 2.85. The first-order valence-corrected chi connectivity index (χ1v) is 9.36. The van der Waals surface area contributed by atoms with Gasteiger partial charge in [0, 0.05) is 44.5 Å². The topological polar surface area (TPSA) is 75.2 Å². The summed E-state index contributed by atoms with van der Waals surface area (Å²) in [7, 11) is 1.93. The van der Waals surface area contributed by atoms with Crippen LogP contribution in [0.5, 0.6) is 0 Å². The number of hydrogen-bond donors (Lipinski definition) is 2. The molecule has 0 amide bonds. The van der Waals surface area contributed by atoms with Crippen molar-refractivity contribution in [2.24, 2.45) is 21.6 Å². The van der Waals surface area contributed by atoms with Crippen LogP contribution in [-0.4, -0.2) is 62.4 Å². The fourth-order valence-corrected chi connectivity index (χ4v) is 3.18. The molecule has 0 spiro atoms. The monoisotopic (exact) mass is 375 g/mol. The number of aliphatic imine (C=N–C) groups is 2. The third-order valence-electron chi connectivity index (χ3n) is 4.60. The van der Waals surface area contributed by atoms with Gasteiger partial charge in [0.05, 0.1) is 24.3 Å². The fourth-order valence-electron chi connectivity index (χ4n) is 3.06. The number of likely N-dealkylation sites (N-methyl/N-ethyl adjacent to an activating group) is 1. The van der Waals surface area contributed by atoms with E-state index in [4.69, 9.17) is 27.1 Å². The highest BCUT2D eigenvalue weighted by Crippen LogP contribution is 2.17. The van der Waals surface area contributed by atoms with E-state index >= 15 is 0 Å². The molecule has 0 aromatic carbocycles. The summed E-state index contributed by atoms with van der Waals surface area (Å²) in [5.74, 6) is 1.23. The lowest BCUT2D eigenvalue weighted by molar-refractivity contribution is 0.0687. The first-order valence-electron chi connectivity index (χ1n) is 8.98. The van der Waals surface area contributed by atoms with E-state index in [-0.39, 0.29) is 6.04 Å². The lowest BCUT2D eigenvalue weighted by Gasteiger charge is -2.31. The number of nitrogens with two attached hydrogens (primary N) is 1. The number of rotatable bonds is 4. The minimum Gasteiger partial charge on any atom is -0.388 e. The van der Waals surface area contributed by atoms with Crippen LogP contribution in [0.3, 0.4) is 0 Å². The highest BCUT2D eigenvalue weighted by atomic mass is 35.5. The van der Waals surface area contributed by atoms with Crippen molar-refractivity contribution in [3.63, 3.8) is 0 Å². The second kappa shape index (κ2) is 9.16. The average molecular weight is 376 g/mol. The van der Waals surface area contributed by atoms with Crippen molar-refractivity contribution in [1.82, 2.24) is 10.2 Å². The summed E-state index contributed by atoms with van der Waals surface area (Å²) in [6.07, 6.45) is 12.8. The number of morpholine rings is 1. The second-order valence-corrected chi connectivity index (χ2v) is 6.88. The van der Waals surface area contributed by atoms with Crippen LogP contribution in [0.2, 0.25) is 0 Å². The Morgan fingerprint density at radius 2 is 2.19 bits per heavy atom. The van der Waals surface area contributed by atoms with Crippen LogP contribution < -0.4 is 11.1 Å². The lowest BCUT2D eigenvalue weighted by Crippen LogP contribution is -2.48. The molecule has 2 aliphatic heterocycles. The smallest absolute Gasteiger partial charge is 0.147 e. The molecule has 3 N–H and O–H groups in total. The normalized spacial score (nSPS) is 26.8. The molecule has 1 fully saturated rings. The van der Waals surface area contributed by atoms with Gasteiger partial charge < -0.3 is 20.7 Å². The highest BCUT2D eigenvalue weighted by molar-refractivity contribution is 6.44. The van der Waals surface area contributed by atoms with Crippen LogP contribution in [-0.2, 0) is 4.74 Å². The SMILES string of the molecule is CNC1=CCC(C/N=C(\C2=NC=C(Cl)C=CC2N)N2CCOCC2)C=C1. The van der Waals surface area contributed by atoms with Gasteiger partial charge >= 0.3 is 0 Å². The second-order valence-electron chi connectivity index (χ2n) is 6.44. The Morgan fingerprint density at radius 1 is 1.38 bits per heavy atom. The van der Waals surface area contributed by atoms with Crippen molar-refractivity contribution < 1.29 is 4.74 Å². The molecule has 7 heteroatoms. The maximum Gasteiger partial charge on any atom is 0.147 e. The molecule has 2 heterocycles. The summed E-state index contributed by atoms with van der Waals surface area (Å²) in [6, 6.07) is -0.332. The summed E-state index contributed by atoms with van der Waals surface area (Å²) >= 11 is 6.09. The Morgan fingerprint density at radius 3 is 2.88 bits per heavy atom. The Bertz CT molecular complexity index is 686. The number of hydrogen-bond acceptors (Lipinski definition) is 5. The van der Waals surface area contributed by atoms with Crippen LogP contribution in [0, 0.1) is 5.92 Å².